The van der Waals surface area contributed by atoms with E-state index in [0.29, 0.717) is 13.2 Å². The molecule has 0 aliphatic carbocycles. The number of benzene rings is 2. The summed E-state index contributed by atoms with van der Waals surface area (Å²) >= 11 is 0. The monoisotopic (exact) mass is 444 g/mol. The summed E-state index contributed by atoms with van der Waals surface area (Å²) in [5.74, 6) is 1.64. The molecule has 0 spiro atoms. The van der Waals surface area contributed by atoms with Gasteiger partial charge >= 0.3 is 0 Å². The second-order valence-electron chi connectivity index (χ2n) is 9.14. The van der Waals surface area contributed by atoms with Crippen LogP contribution in [-0.4, -0.2) is 46.8 Å². The standard InChI is InChI=1S/C27H32N4O2/c32-26(19-31-27-23(18-29-31)20-33-25-10-5-4-9-24(25)27)28-13-6-14-30-15-11-22(12-16-30)17-21-7-2-1-3-8-21/h1-5,7-10,18,22H,6,11-17,19-20H2,(H,28,32). The Labute approximate surface area is 195 Å². The third-order valence-electron chi connectivity index (χ3n) is 6.78. The first-order chi connectivity index (χ1) is 16.3. The zero-order valence-electron chi connectivity index (χ0n) is 19.1. The van der Waals surface area contributed by atoms with Crippen LogP contribution in [0.1, 0.15) is 30.4 Å². The second kappa shape index (κ2) is 10.2. The van der Waals surface area contributed by atoms with Gasteiger partial charge in [0.15, 0.2) is 0 Å². The van der Waals surface area contributed by atoms with Crippen LogP contribution < -0.4 is 10.1 Å². The molecule has 6 nitrogen and oxygen atoms in total. The van der Waals surface area contributed by atoms with Crippen LogP contribution in [0.3, 0.4) is 0 Å². The maximum atomic E-state index is 12.6. The number of para-hydroxylation sites is 1. The molecule has 33 heavy (non-hydrogen) atoms. The number of aromatic nitrogens is 2. The van der Waals surface area contributed by atoms with Crippen molar-refractivity contribution in [2.45, 2.75) is 38.8 Å². The summed E-state index contributed by atoms with van der Waals surface area (Å²) in [7, 11) is 0. The van der Waals surface area contributed by atoms with Crippen LogP contribution in [0.5, 0.6) is 5.75 Å². The number of nitrogens with one attached hydrogen (secondary N) is 1. The van der Waals surface area contributed by atoms with Crippen molar-refractivity contribution in [3.63, 3.8) is 0 Å². The van der Waals surface area contributed by atoms with Gasteiger partial charge in [-0.15, -0.1) is 0 Å². The predicted octanol–water partition coefficient (Wildman–Crippen LogP) is 3.90. The smallest absolute Gasteiger partial charge is 0.241 e. The number of hydrogen-bond acceptors (Lipinski definition) is 4. The molecule has 172 valence electrons. The molecule has 0 saturated carbocycles. The number of carbonyl (C=O) groups excluding carboxylic acids is 1. The molecule has 2 aliphatic rings. The fourth-order valence-electron chi connectivity index (χ4n) is 4.99. The summed E-state index contributed by atoms with van der Waals surface area (Å²) in [6.45, 7) is 4.79. The quantitative estimate of drug-likeness (QED) is 0.536. The lowest BCUT2D eigenvalue weighted by Crippen LogP contribution is -2.37. The lowest BCUT2D eigenvalue weighted by atomic mass is 9.90. The van der Waals surface area contributed by atoms with E-state index in [1.165, 1.54) is 24.8 Å². The molecule has 0 radical (unpaired) electrons. The molecule has 1 fully saturated rings. The molecule has 2 aromatic carbocycles. The minimum absolute atomic E-state index is 0.00597. The number of rotatable bonds is 8. The van der Waals surface area contributed by atoms with Gasteiger partial charge < -0.3 is 15.0 Å². The highest BCUT2D eigenvalue weighted by atomic mass is 16.5. The average Bonchev–Trinajstić information content (AvgIpc) is 3.26. The maximum Gasteiger partial charge on any atom is 0.241 e. The van der Waals surface area contributed by atoms with Crippen LogP contribution in [-0.2, 0) is 24.4 Å². The zero-order chi connectivity index (χ0) is 22.5. The molecule has 1 N–H and O–H groups in total. The molecule has 2 aliphatic heterocycles. The van der Waals surface area contributed by atoms with E-state index in [9.17, 15) is 4.79 Å². The first-order valence-corrected chi connectivity index (χ1v) is 12.1. The summed E-state index contributed by atoms with van der Waals surface area (Å²) in [6.07, 6.45) is 6.50. The molecular weight excluding hydrogens is 412 g/mol. The lowest BCUT2D eigenvalue weighted by molar-refractivity contribution is -0.121. The van der Waals surface area contributed by atoms with Crippen LogP contribution >= 0.6 is 0 Å². The lowest BCUT2D eigenvalue weighted by Gasteiger charge is -2.32. The van der Waals surface area contributed by atoms with Crippen molar-refractivity contribution in [3.8, 4) is 17.0 Å². The Kier molecular flexibility index (Phi) is 6.72. The molecule has 3 heterocycles. The minimum atomic E-state index is 0.00597. The Hall–Kier alpha value is -3.12. The van der Waals surface area contributed by atoms with Crippen molar-refractivity contribution in [2.24, 2.45) is 5.92 Å². The number of carbonyl (C=O) groups is 1. The predicted molar refractivity (Wildman–Crippen MR) is 129 cm³/mol. The van der Waals surface area contributed by atoms with Crippen LogP contribution in [0, 0.1) is 5.92 Å². The first kappa shape index (κ1) is 21.7. The van der Waals surface area contributed by atoms with Crippen LogP contribution in [0.4, 0.5) is 0 Å². The largest absolute Gasteiger partial charge is 0.488 e. The van der Waals surface area contributed by atoms with Crippen molar-refractivity contribution >= 4 is 5.91 Å². The number of hydrogen-bond donors (Lipinski definition) is 1. The molecule has 1 aromatic heterocycles. The van der Waals surface area contributed by atoms with Crippen LogP contribution in [0.25, 0.3) is 11.3 Å². The van der Waals surface area contributed by atoms with Crippen molar-refractivity contribution in [2.75, 3.05) is 26.2 Å². The van der Waals surface area contributed by atoms with Gasteiger partial charge in [0.1, 0.15) is 18.9 Å². The number of fused-ring (bicyclic) bond motifs is 3. The highest BCUT2D eigenvalue weighted by Crippen LogP contribution is 2.36. The summed E-state index contributed by atoms with van der Waals surface area (Å²) in [5.41, 5.74) is 4.47. The van der Waals surface area contributed by atoms with E-state index in [4.69, 9.17) is 4.74 Å². The molecule has 0 bridgehead atoms. The Morgan fingerprint density at radius 2 is 1.85 bits per heavy atom. The molecule has 1 saturated heterocycles. The van der Waals surface area contributed by atoms with E-state index in [1.54, 1.807) is 10.9 Å². The van der Waals surface area contributed by atoms with Crippen molar-refractivity contribution in [3.05, 3.63) is 71.9 Å². The summed E-state index contributed by atoms with van der Waals surface area (Å²) in [4.78, 5) is 15.1. The molecule has 3 aromatic rings. The van der Waals surface area contributed by atoms with Crippen molar-refractivity contribution < 1.29 is 9.53 Å². The zero-order valence-corrected chi connectivity index (χ0v) is 19.1. The molecular formula is C27H32N4O2. The van der Waals surface area contributed by atoms with Gasteiger partial charge in [0.25, 0.3) is 0 Å². The molecule has 0 atom stereocenters. The van der Waals surface area contributed by atoms with Crippen molar-refractivity contribution in [1.82, 2.24) is 20.0 Å². The second-order valence-corrected chi connectivity index (χ2v) is 9.14. The Bertz CT molecular complexity index is 1070. The molecule has 5 rings (SSSR count). The summed E-state index contributed by atoms with van der Waals surface area (Å²) in [5, 5.41) is 7.52. The van der Waals surface area contributed by atoms with Crippen LogP contribution in [0.15, 0.2) is 60.8 Å². The van der Waals surface area contributed by atoms with Gasteiger partial charge in [0.05, 0.1) is 11.9 Å². The van der Waals surface area contributed by atoms with Crippen molar-refractivity contribution in [1.29, 1.82) is 0 Å². The fourth-order valence-corrected chi connectivity index (χ4v) is 4.99. The molecule has 6 heteroatoms. The molecule has 1 amide bonds. The van der Waals surface area contributed by atoms with Gasteiger partial charge in [-0.05, 0) is 68.9 Å². The van der Waals surface area contributed by atoms with Gasteiger partial charge in [-0.25, -0.2) is 0 Å². The summed E-state index contributed by atoms with van der Waals surface area (Å²) in [6, 6.07) is 18.7. The van der Waals surface area contributed by atoms with Gasteiger partial charge in [-0.3, -0.25) is 9.48 Å². The molecule has 0 unspecified atom stereocenters. The number of piperidine rings is 1. The van der Waals surface area contributed by atoms with Gasteiger partial charge in [-0.2, -0.15) is 5.10 Å². The van der Waals surface area contributed by atoms with Gasteiger partial charge in [0, 0.05) is 17.7 Å². The topological polar surface area (TPSA) is 59.4 Å². The van der Waals surface area contributed by atoms with E-state index in [-0.39, 0.29) is 12.5 Å². The maximum absolute atomic E-state index is 12.6. The number of amides is 1. The number of nitrogens with zero attached hydrogens (tertiary/aromatic N) is 3. The van der Waals surface area contributed by atoms with Crippen LogP contribution in [0.2, 0.25) is 0 Å². The minimum Gasteiger partial charge on any atom is -0.488 e. The highest BCUT2D eigenvalue weighted by molar-refractivity contribution is 5.78. The van der Waals surface area contributed by atoms with E-state index in [0.717, 1.165) is 54.5 Å². The van der Waals surface area contributed by atoms with E-state index >= 15 is 0 Å². The highest BCUT2D eigenvalue weighted by Gasteiger charge is 2.23. The number of ether oxygens (including phenoxy) is 1. The normalized spacial score (nSPS) is 16.0. The first-order valence-electron chi connectivity index (χ1n) is 12.1. The average molecular weight is 445 g/mol. The van der Waals surface area contributed by atoms with E-state index < -0.39 is 0 Å². The Morgan fingerprint density at radius 3 is 2.70 bits per heavy atom. The fraction of sp³-hybridized carbons (Fsp3) is 0.407. The third kappa shape index (κ3) is 5.28. The van der Waals surface area contributed by atoms with Gasteiger partial charge in [-0.1, -0.05) is 42.5 Å². The van der Waals surface area contributed by atoms with E-state index in [1.807, 2.05) is 24.3 Å². The van der Waals surface area contributed by atoms with Gasteiger partial charge in [0.2, 0.25) is 5.91 Å². The Morgan fingerprint density at radius 1 is 1.06 bits per heavy atom. The van der Waals surface area contributed by atoms with E-state index in [2.05, 4.69) is 45.6 Å². The third-order valence-corrected chi connectivity index (χ3v) is 6.78. The SMILES string of the molecule is O=C(Cn1ncc2c1-c1ccccc1OC2)NCCCN1CCC(Cc2ccccc2)CC1. The Balaban J connectivity index is 1.03. The summed E-state index contributed by atoms with van der Waals surface area (Å²) < 4.78 is 7.58. The number of likely N-dealkylation sites (tertiary alicyclic amines) is 1.